The smallest absolute Gasteiger partial charge is 0.114 e. The molecule has 19 heavy (non-hydrogen) atoms. The van der Waals surface area contributed by atoms with E-state index in [1.54, 1.807) is 12.4 Å². The van der Waals surface area contributed by atoms with Crippen LogP contribution in [0.4, 0.5) is 0 Å². The molecule has 3 aromatic rings. The highest BCUT2D eigenvalue weighted by molar-refractivity contribution is 5.74. The summed E-state index contributed by atoms with van der Waals surface area (Å²) >= 11 is 0. The molecule has 0 radical (unpaired) electrons. The normalized spacial score (nSPS) is 11.1. The van der Waals surface area contributed by atoms with Gasteiger partial charge in [-0.05, 0) is 17.2 Å². The van der Waals surface area contributed by atoms with Crippen LogP contribution in [0.1, 0.15) is 17.0 Å². The van der Waals surface area contributed by atoms with E-state index in [2.05, 4.69) is 26.7 Å². The maximum absolute atomic E-state index is 5.78. The van der Waals surface area contributed by atoms with Gasteiger partial charge in [0.15, 0.2) is 0 Å². The number of rotatable bonds is 3. The maximum Gasteiger partial charge on any atom is 0.114 e. The van der Waals surface area contributed by atoms with Crippen LogP contribution in [0, 0.1) is 0 Å². The van der Waals surface area contributed by atoms with Crippen LogP contribution in [0.25, 0.3) is 11.0 Å². The number of imidazole rings is 1. The standard InChI is InChI=1S/C15H16N4/c1-19-14-6-7-17-10-13(14)18-15(19)8-11-4-2-3-5-12(11)9-16/h2-7,10H,8-9,16H2,1H3. The molecule has 96 valence electrons. The fraction of sp³-hybridized carbons (Fsp3) is 0.200. The lowest BCUT2D eigenvalue weighted by Crippen LogP contribution is -2.05. The van der Waals surface area contributed by atoms with E-state index in [9.17, 15) is 0 Å². The Labute approximate surface area is 111 Å². The molecule has 0 saturated carbocycles. The Balaban J connectivity index is 2.03. The average Bonchev–Trinajstić information content (AvgIpc) is 2.77. The first kappa shape index (κ1) is 11.9. The second-order valence-corrected chi connectivity index (χ2v) is 4.60. The van der Waals surface area contributed by atoms with Gasteiger partial charge in [0, 0.05) is 26.2 Å². The van der Waals surface area contributed by atoms with Gasteiger partial charge in [-0.15, -0.1) is 0 Å². The van der Waals surface area contributed by atoms with E-state index >= 15 is 0 Å². The summed E-state index contributed by atoms with van der Waals surface area (Å²) < 4.78 is 2.12. The van der Waals surface area contributed by atoms with Gasteiger partial charge in [0.1, 0.15) is 11.3 Å². The third-order valence-corrected chi connectivity index (χ3v) is 3.46. The molecule has 2 N–H and O–H groups in total. The summed E-state index contributed by atoms with van der Waals surface area (Å²) in [5, 5.41) is 0. The van der Waals surface area contributed by atoms with Crippen LogP contribution >= 0.6 is 0 Å². The quantitative estimate of drug-likeness (QED) is 0.776. The molecule has 0 saturated heterocycles. The lowest BCUT2D eigenvalue weighted by molar-refractivity contribution is 0.837. The molecule has 0 atom stereocenters. The van der Waals surface area contributed by atoms with Gasteiger partial charge >= 0.3 is 0 Å². The minimum absolute atomic E-state index is 0.557. The minimum atomic E-state index is 0.557. The molecule has 3 rings (SSSR count). The van der Waals surface area contributed by atoms with E-state index in [0.29, 0.717) is 6.54 Å². The van der Waals surface area contributed by atoms with Crippen molar-refractivity contribution >= 4 is 11.0 Å². The fourth-order valence-corrected chi connectivity index (χ4v) is 2.36. The van der Waals surface area contributed by atoms with Crippen LogP contribution in [-0.2, 0) is 20.0 Å². The molecule has 0 unspecified atom stereocenters. The molecule has 0 bridgehead atoms. The van der Waals surface area contributed by atoms with E-state index in [0.717, 1.165) is 23.3 Å². The van der Waals surface area contributed by atoms with Crippen molar-refractivity contribution in [3.63, 3.8) is 0 Å². The van der Waals surface area contributed by atoms with Crippen LogP contribution in [0.3, 0.4) is 0 Å². The predicted molar refractivity (Wildman–Crippen MR) is 75.6 cm³/mol. The van der Waals surface area contributed by atoms with Crippen molar-refractivity contribution in [1.29, 1.82) is 0 Å². The molecule has 2 heterocycles. The molecule has 0 aliphatic heterocycles. The lowest BCUT2D eigenvalue weighted by atomic mass is 10.0. The summed E-state index contributed by atoms with van der Waals surface area (Å²) in [4.78, 5) is 8.75. The third kappa shape index (κ3) is 2.11. The number of aryl methyl sites for hydroxylation is 1. The fourth-order valence-electron chi connectivity index (χ4n) is 2.36. The van der Waals surface area contributed by atoms with Crippen LogP contribution in [-0.4, -0.2) is 14.5 Å². The largest absolute Gasteiger partial charge is 0.331 e. The molecule has 0 spiro atoms. The zero-order valence-electron chi connectivity index (χ0n) is 10.9. The van der Waals surface area contributed by atoms with Gasteiger partial charge in [0.25, 0.3) is 0 Å². The van der Waals surface area contributed by atoms with E-state index in [4.69, 9.17) is 5.73 Å². The predicted octanol–water partition coefficient (Wildman–Crippen LogP) is 2.02. The zero-order chi connectivity index (χ0) is 13.2. The Morgan fingerprint density at radius 3 is 2.68 bits per heavy atom. The zero-order valence-corrected chi connectivity index (χ0v) is 10.9. The molecule has 4 heteroatoms. The number of fused-ring (bicyclic) bond motifs is 1. The van der Waals surface area contributed by atoms with E-state index in [-0.39, 0.29) is 0 Å². The summed E-state index contributed by atoms with van der Waals surface area (Å²) in [6, 6.07) is 10.2. The SMILES string of the molecule is Cn1c(Cc2ccccc2CN)nc2cnccc21. The number of pyridine rings is 1. The van der Waals surface area contributed by atoms with Crippen LogP contribution in [0.2, 0.25) is 0 Å². The highest BCUT2D eigenvalue weighted by Crippen LogP contribution is 2.18. The van der Waals surface area contributed by atoms with Crippen molar-refractivity contribution in [2.75, 3.05) is 0 Å². The van der Waals surface area contributed by atoms with Crippen LogP contribution < -0.4 is 5.73 Å². The Kier molecular flexibility index (Phi) is 3.01. The van der Waals surface area contributed by atoms with E-state index < -0.39 is 0 Å². The Morgan fingerprint density at radius 1 is 1.16 bits per heavy atom. The van der Waals surface area contributed by atoms with Gasteiger partial charge in [-0.2, -0.15) is 0 Å². The summed E-state index contributed by atoms with van der Waals surface area (Å²) in [6.45, 7) is 0.557. The van der Waals surface area contributed by atoms with Crippen molar-refractivity contribution in [2.24, 2.45) is 12.8 Å². The third-order valence-electron chi connectivity index (χ3n) is 3.46. The second kappa shape index (κ2) is 4.82. The van der Waals surface area contributed by atoms with Gasteiger partial charge in [-0.3, -0.25) is 4.98 Å². The number of nitrogens with zero attached hydrogens (tertiary/aromatic N) is 3. The second-order valence-electron chi connectivity index (χ2n) is 4.60. The number of nitrogens with two attached hydrogens (primary N) is 1. The topological polar surface area (TPSA) is 56.7 Å². The molecule has 4 nitrogen and oxygen atoms in total. The minimum Gasteiger partial charge on any atom is -0.331 e. The molecule has 2 aromatic heterocycles. The van der Waals surface area contributed by atoms with Gasteiger partial charge in [0.05, 0.1) is 11.7 Å². The first-order chi connectivity index (χ1) is 9.29. The van der Waals surface area contributed by atoms with Gasteiger partial charge in [-0.1, -0.05) is 24.3 Å². The number of hydrogen-bond donors (Lipinski definition) is 1. The maximum atomic E-state index is 5.78. The number of aromatic nitrogens is 3. The lowest BCUT2D eigenvalue weighted by Gasteiger charge is -2.07. The Morgan fingerprint density at radius 2 is 1.95 bits per heavy atom. The molecular formula is C15H16N4. The van der Waals surface area contributed by atoms with Crippen molar-refractivity contribution in [2.45, 2.75) is 13.0 Å². The van der Waals surface area contributed by atoms with Gasteiger partial charge in [-0.25, -0.2) is 4.98 Å². The Bertz CT molecular complexity index is 715. The van der Waals surface area contributed by atoms with Crippen LogP contribution in [0.15, 0.2) is 42.7 Å². The van der Waals surface area contributed by atoms with E-state index in [1.807, 2.05) is 25.2 Å². The summed E-state index contributed by atoms with van der Waals surface area (Å²) in [7, 11) is 2.04. The molecule has 0 fully saturated rings. The van der Waals surface area contributed by atoms with Crippen LogP contribution in [0.5, 0.6) is 0 Å². The van der Waals surface area contributed by atoms with Crippen molar-refractivity contribution in [3.05, 3.63) is 59.7 Å². The average molecular weight is 252 g/mol. The van der Waals surface area contributed by atoms with Crippen molar-refractivity contribution < 1.29 is 0 Å². The number of benzene rings is 1. The van der Waals surface area contributed by atoms with Gasteiger partial charge in [0.2, 0.25) is 0 Å². The van der Waals surface area contributed by atoms with E-state index in [1.165, 1.54) is 11.1 Å². The highest BCUT2D eigenvalue weighted by Gasteiger charge is 2.09. The Hall–Kier alpha value is -2.20. The first-order valence-electron chi connectivity index (χ1n) is 6.31. The highest BCUT2D eigenvalue weighted by atomic mass is 15.1. The summed E-state index contributed by atoms with van der Waals surface area (Å²) in [5.41, 5.74) is 10.2. The summed E-state index contributed by atoms with van der Waals surface area (Å²) in [6.07, 6.45) is 4.38. The number of hydrogen-bond acceptors (Lipinski definition) is 3. The monoisotopic (exact) mass is 252 g/mol. The van der Waals surface area contributed by atoms with Crippen molar-refractivity contribution in [1.82, 2.24) is 14.5 Å². The molecule has 0 aliphatic rings. The summed E-state index contributed by atoms with van der Waals surface area (Å²) in [5.74, 6) is 1.03. The molecular weight excluding hydrogens is 236 g/mol. The van der Waals surface area contributed by atoms with Gasteiger partial charge < -0.3 is 10.3 Å². The van der Waals surface area contributed by atoms with Crippen molar-refractivity contribution in [3.8, 4) is 0 Å². The first-order valence-corrected chi connectivity index (χ1v) is 6.31. The molecule has 0 aliphatic carbocycles. The molecule has 0 amide bonds. The molecule has 1 aromatic carbocycles.